The molecule has 1 aromatic carbocycles. The van der Waals surface area contributed by atoms with Crippen LogP contribution in [0.3, 0.4) is 0 Å². The van der Waals surface area contributed by atoms with E-state index in [1.54, 1.807) is 13.8 Å². The molecule has 0 bridgehead atoms. The maximum Gasteiger partial charge on any atom is 0.306 e. The minimum atomic E-state index is -4.68. The SMILES string of the molecule is Cc1c(CS(=O)(=O)F)c(C)c(N2CCNCC2)c(C)c1N=[N+]=[N-]. The summed E-state index contributed by atoms with van der Waals surface area (Å²) in [7, 11) is -4.68. The molecule has 1 aliphatic rings. The molecule has 1 N–H and O–H groups in total. The third-order valence-electron chi connectivity index (χ3n) is 4.22. The topological polar surface area (TPSA) is 98.2 Å². The highest BCUT2D eigenvalue weighted by molar-refractivity contribution is 7.85. The molecular formula is C14H20FN5O2S. The number of hydrogen-bond acceptors (Lipinski definition) is 5. The van der Waals surface area contributed by atoms with Crippen molar-refractivity contribution in [1.82, 2.24) is 5.32 Å². The molecule has 1 fully saturated rings. The number of hydrogen-bond donors (Lipinski definition) is 1. The standard InChI is InChI=1S/C14H20FN5O2S/c1-9-12(8-23(15,21)22)10(2)14(11(3)13(9)18-19-16)20-6-4-17-5-7-20/h17H,4-8H2,1-3H3. The Balaban J connectivity index is 2.71. The van der Waals surface area contributed by atoms with E-state index >= 15 is 0 Å². The molecule has 126 valence electrons. The lowest BCUT2D eigenvalue weighted by atomic mass is 9.95. The van der Waals surface area contributed by atoms with Gasteiger partial charge in [0, 0.05) is 42.5 Å². The fourth-order valence-corrected chi connectivity index (χ4v) is 3.97. The summed E-state index contributed by atoms with van der Waals surface area (Å²) in [4.78, 5) is 4.95. The van der Waals surface area contributed by atoms with Crippen molar-refractivity contribution < 1.29 is 12.3 Å². The Labute approximate surface area is 135 Å². The smallest absolute Gasteiger partial charge is 0.306 e. The monoisotopic (exact) mass is 341 g/mol. The lowest BCUT2D eigenvalue weighted by molar-refractivity contribution is 0.550. The van der Waals surface area contributed by atoms with Crippen LogP contribution in [0.4, 0.5) is 15.3 Å². The van der Waals surface area contributed by atoms with Crippen molar-refractivity contribution in [3.05, 3.63) is 32.7 Å². The Morgan fingerprint density at radius 2 is 1.83 bits per heavy atom. The van der Waals surface area contributed by atoms with Gasteiger partial charge in [0.05, 0.1) is 0 Å². The molecule has 0 radical (unpaired) electrons. The summed E-state index contributed by atoms with van der Waals surface area (Å²) >= 11 is 0. The van der Waals surface area contributed by atoms with E-state index < -0.39 is 16.0 Å². The van der Waals surface area contributed by atoms with Crippen LogP contribution < -0.4 is 10.2 Å². The summed E-state index contributed by atoms with van der Waals surface area (Å²) in [6.45, 7) is 8.41. The highest BCUT2D eigenvalue weighted by Gasteiger charge is 2.24. The van der Waals surface area contributed by atoms with Crippen LogP contribution >= 0.6 is 0 Å². The summed E-state index contributed by atoms with van der Waals surface area (Å²) in [5, 5.41) is 6.96. The molecule has 7 nitrogen and oxygen atoms in total. The van der Waals surface area contributed by atoms with Gasteiger partial charge in [0.2, 0.25) is 0 Å². The van der Waals surface area contributed by atoms with Gasteiger partial charge in [-0.05, 0) is 48.6 Å². The third kappa shape index (κ3) is 3.74. The predicted molar refractivity (Wildman–Crippen MR) is 88.3 cm³/mol. The molecule has 0 aliphatic carbocycles. The number of halogens is 1. The van der Waals surface area contributed by atoms with Crippen LogP contribution in [0.1, 0.15) is 22.3 Å². The Kier molecular flexibility index (Phi) is 5.13. The average molecular weight is 341 g/mol. The second-order valence-corrected chi connectivity index (χ2v) is 7.03. The van der Waals surface area contributed by atoms with Crippen LogP contribution in [0.5, 0.6) is 0 Å². The summed E-state index contributed by atoms with van der Waals surface area (Å²) in [5.74, 6) is -0.710. The van der Waals surface area contributed by atoms with Crippen molar-refractivity contribution in [3.63, 3.8) is 0 Å². The predicted octanol–water partition coefficient (Wildman–Crippen LogP) is 2.76. The minimum absolute atomic E-state index is 0.369. The number of piperazine rings is 1. The molecule has 1 aliphatic heterocycles. The molecule has 9 heteroatoms. The first-order chi connectivity index (χ1) is 10.8. The molecule has 23 heavy (non-hydrogen) atoms. The van der Waals surface area contributed by atoms with Gasteiger partial charge >= 0.3 is 10.2 Å². The second-order valence-electron chi connectivity index (χ2n) is 5.66. The summed E-state index contributed by atoms with van der Waals surface area (Å²) < 4.78 is 35.6. The molecule has 0 unspecified atom stereocenters. The van der Waals surface area contributed by atoms with Crippen LogP contribution in [0.2, 0.25) is 0 Å². The van der Waals surface area contributed by atoms with Crippen LogP contribution in [-0.2, 0) is 16.0 Å². The Hall–Kier alpha value is -1.83. The van der Waals surface area contributed by atoms with Gasteiger partial charge in [0.15, 0.2) is 0 Å². The van der Waals surface area contributed by atoms with Gasteiger partial charge in [0.25, 0.3) is 0 Å². The van der Waals surface area contributed by atoms with E-state index in [1.807, 2.05) is 6.92 Å². The van der Waals surface area contributed by atoms with E-state index in [2.05, 4.69) is 20.2 Å². The highest BCUT2D eigenvalue weighted by Crippen LogP contribution is 2.39. The molecule has 1 aromatic rings. The summed E-state index contributed by atoms with van der Waals surface area (Å²) in [6.07, 6.45) is 0. The van der Waals surface area contributed by atoms with Gasteiger partial charge < -0.3 is 10.2 Å². The number of rotatable bonds is 4. The van der Waals surface area contributed by atoms with Gasteiger partial charge in [-0.15, -0.1) is 3.89 Å². The Bertz CT molecular complexity index is 766. The van der Waals surface area contributed by atoms with Gasteiger partial charge in [-0.1, -0.05) is 5.11 Å². The molecule has 0 amide bonds. The van der Waals surface area contributed by atoms with E-state index in [4.69, 9.17) is 5.53 Å². The van der Waals surface area contributed by atoms with Crippen molar-refractivity contribution in [2.24, 2.45) is 5.11 Å². The maximum atomic E-state index is 13.3. The Morgan fingerprint density at radius 3 is 2.35 bits per heavy atom. The van der Waals surface area contributed by atoms with Crippen LogP contribution in [-0.4, -0.2) is 34.6 Å². The third-order valence-corrected chi connectivity index (χ3v) is 4.85. The first-order valence-electron chi connectivity index (χ1n) is 7.32. The van der Waals surface area contributed by atoms with Crippen molar-refractivity contribution in [2.45, 2.75) is 26.5 Å². The molecular weight excluding hydrogens is 321 g/mol. The first-order valence-corrected chi connectivity index (χ1v) is 8.87. The van der Waals surface area contributed by atoms with Crippen molar-refractivity contribution >= 4 is 21.6 Å². The Morgan fingerprint density at radius 1 is 1.22 bits per heavy atom. The number of anilines is 1. The van der Waals surface area contributed by atoms with Crippen molar-refractivity contribution in [1.29, 1.82) is 0 Å². The van der Waals surface area contributed by atoms with E-state index in [-0.39, 0.29) is 0 Å². The van der Waals surface area contributed by atoms with E-state index in [9.17, 15) is 12.3 Å². The molecule has 1 heterocycles. The number of benzene rings is 1. The average Bonchev–Trinajstić information content (AvgIpc) is 2.48. The van der Waals surface area contributed by atoms with Gasteiger partial charge in [-0.2, -0.15) is 8.42 Å². The van der Waals surface area contributed by atoms with Crippen LogP contribution in [0.15, 0.2) is 5.11 Å². The number of nitrogens with zero attached hydrogens (tertiary/aromatic N) is 4. The second kappa shape index (κ2) is 6.74. The fourth-order valence-electron chi connectivity index (χ4n) is 3.19. The zero-order valence-electron chi connectivity index (χ0n) is 13.4. The van der Waals surface area contributed by atoms with Crippen molar-refractivity contribution in [2.75, 3.05) is 31.1 Å². The molecule has 0 aromatic heterocycles. The summed E-state index contributed by atoms with van der Waals surface area (Å²) in [6, 6.07) is 0. The van der Waals surface area contributed by atoms with Gasteiger partial charge in [-0.25, -0.2) is 0 Å². The van der Waals surface area contributed by atoms with Crippen LogP contribution in [0, 0.1) is 20.8 Å². The van der Waals surface area contributed by atoms with Crippen LogP contribution in [0.25, 0.3) is 10.4 Å². The lowest BCUT2D eigenvalue weighted by Gasteiger charge is -2.34. The number of nitrogens with one attached hydrogen (secondary N) is 1. The highest BCUT2D eigenvalue weighted by atomic mass is 32.3. The van der Waals surface area contributed by atoms with Crippen molar-refractivity contribution in [3.8, 4) is 0 Å². The first kappa shape index (κ1) is 17.5. The van der Waals surface area contributed by atoms with Gasteiger partial charge in [-0.3, -0.25) is 0 Å². The van der Waals surface area contributed by atoms with E-state index in [1.165, 1.54) is 0 Å². The maximum absolute atomic E-state index is 13.3. The number of azide groups is 1. The minimum Gasteiger partial charge on any atom is -0.369 e. The normalized spacial score (nSPS) is 15.4. The molecule has 1 saturated heterocycles. The quantitative estimate of drug-likeness (QED) is 0.394. The molecule has 0 atom stereocenters. The zero-order valence-corrected chi connectivity index (χ0v) is 14.2. The fraction of sp³-hybridized carbons (Fsp3) is 0.571. The van der Waals surface area contributed by atoms with Gasteiger partial charge in [0.1, 0.15) is 5.75 Å². The molecule has 2 rings (SSSR count). The lowest BCUT2D eigenvalue weighted by Crippen LogP contribution is -2.44. The van der Waals surface area contributed by atoms with E-state index in [0.29, 0.717) is 16.8 Å². The largest absolute Gasteiger partial charge is 0.369 e. The zero-order chi connectivity index (χ0) is 17.2. The molecule has 0 spiro atoms. The molecule has 0 saturated carbocycles. The summed E-state index contributed by atoms with van der Waals surface area (Å²) in [5.41, 5.74) is 12.4. The van der Waals surface area contributed by atoms with E-state index in [0.717, 1.165) is 43.0 Å².